The number of anilines is 1. The average Bonchev–Trinajstić information content (AvgIpc) is 2.32. The molecule has 2 aromatic rings. The molecule has 0 aliphatic carbocycles. The molecule has 0 bridgehead atoms. The third-order valence-electron chi connectivity index (χ3n) is 2.37. The lowest BCUT2D eigenvalue weighted by Gasteiger charge is -2.07. The third kappa shape index (κ3) is 2.78. The lowest BCUT2D eigenvalue weighted by atomic mass is 10.2. The molecule has 0 aliphatic heterocycles. The Balaban J connectivity index is 2.29. The van der Waals surface area contributed by atoms with Gasteiger partial charge in [0.25, 0.3) is 10.0 Å². The van der Waals surface area contributed by atoms with Gasteiger partial charge in [0.1, 0.15) is 4.90 Å². The maximum Gasteiger partial charge on any atom is 0.263 e. The highest BCUT2D eigenvalue weighted by atomic mass is 32.2. The first-order valence-corrected chi connectivity index (χ1v) is 6.74. The van der Waals surface area contributed by atoms with Crippen molar-refractivity contribution in [2.75, 3.05) is 4.72 Å². The molecule has 0 saturated heterocycles. The first kappa shape index (κ1) is 12.4. The summed E-state index contributed by atoms with van der Waals surface area (Å²) < 4.78 is 26.4. The minimum Gasteiger partial charge on any atom is -0.328 e. The molecular formula is C12H12N2O3S. The summed E-state index contributed by atoms with van der Waals surface area (Å²) in [7, 11) is -3.66. The highest BCUT2D eigenvalue weighted by molar-refractivity contribution is 7.92. The molecule has 0 aliphatic rings. The fourth-order valence-electron chi connectivity index (χ4n) is 1.40. The molecule has 0 radical (unpaired) electrons. The van der Waals surface area contributed by atoms with Crippen LogP contribution in [0.5, 0.6) is 0 Å². The van der Waals surface area contributed by atoms with Gasteiger partial charge < -0.3 is 4.98 Å². The molecule has 6 heteroatoms. The summed E-state index contributed by atoms with van der Waals surface area (Å²) in [5.74, 6) is 0. The smallest absolute Gasteiger partial charge is 0.263 e. The molecule has 0 spiro atoms. The van der Waals surface area contributed by atoms with Gasteiger partial charge in [0.2, 0.25) is 5.56 Å². The van der Waals surface area contributed by atoms with E-state index >= 15 is 0 Å². The minimum atomic E-state index is -3.66. The first-order valence-electron chi connectivity index (χ1n) is 5.26. The topological polar surface area (TPSA) is 79.0 Å². The Morgan fingerprint density at radius 2 is 1.72 bits per heavy atom. The monoisotopic (exact) mass is 264 g/mol. The van der Waals surface area contributed by atoms with Gasteiger partial charge >= 0.3 is 0 Å². The van der Waals surface area contributed by atoms with E-state index in [1.165, 1.54) is 18.3 Å². The predicted molar refractivity (Wildman–Crippen MR) is 69.1 cm³/mol. The van der Waals surface area contributed by atoms with Gasteiger partial charge in [-0.05, 0) is 25.1 Å². The number of pyridine rings is 1. The van der Waals surface area contributed by atoms with Crippen molar-refractivity contribution in [3.05, 3.63) is 58.5 Å². The second kappa shape index (κ2) is 4.66. The normalized spacial score (nSPS) is 11.2. The number of sulfonamides is 1. The van der Waals surface area contributed by atoms with Crippen LogP contribution in [-0.2, 0) is 10.0 Å². The SMILES string of the molecule is Cc1ccc(NS(=O)(=O)c2ccc(=O)[nH]c2)cc1. The quantitative estimate of drug-likeness (QED) is 0.881. The summed E-state index contributed by atoms with van der Waals surface area (Å²) in [6, 6.07) is 9.41. The van der Waals surface area contributed by atoms with Crippen LogP contribution in [0.3, 0.4) is 0 Å². The van der Waals surface area contributed by atoms with Crippen LogP contribution in [-0.4, -0.2) is 13.4 Å². The molecule has 2 N–H and O–H groups in total. The van der Waals surface area contributed by atoms with E-state index in [0.717, 1.165) is 5.56 Å². The number of H-pyrrole nitrogens is 1. The molecule has 1 aromatic heterocycles. The largest absolute Gasteiger partial charge is 0.328 e. The van der Waals surface area contributed by atoms with Crippen molar-refractivity contribution in [1.29, 1.82) is 0 Å². The molecule has 18 heavy (non-hydrogen) atoms. The van der Waals surface area contributed by atoms with E-state index < -0.39 is 10.0 Å². The molecule has 0 atom stereocenters. The Morgan fingerprint density at radius 1 is 1.06 bits per heavy atom. The number of benzene rings is 1. The maximum atomic E-state index is 12.0. The Labute approximate surface area is 105 Å². The zero-order chi connectivity index (χ0) is 13.2. The van der Waals surface area contributed by atoms with Crippen LogP contribution < -0.4 is 10.3 Å². The van der Waals surface area contributed by atoms with E-state index in [9.17, 15) is 13.2 Å². The molecule has 0 saturated carbocycles. The molecule has 0 amide bonds. The summed E-state index contributed by atoms with van der Waals surface area (Å²) in [5, 5.41) is 0. The summed E-state index contributed by atoms with van der Waals surface area (Å²) in [4.78, 5) is 13.2. The van der Waals surface area contributed by atoms with E-state index in [2.05, 4.69) is 9.71 Å². The van der Waals surface area contributed by atoms with Gasteiger partial charge in [-0.1, -0.05) is 17.7 Å². The van der Waals surface area contributed by atoms with Crippen LogP contribution in [0.15, 0.2) is 52.3 Å². The van der Waals surface area contributed by atoms with Crippen molar-refractivity contribution in [3.8, 4) is 0 Å². The van der Waals surface area contributed by atoms with Gasteiger partial charge in [-0.3, -0.25) is 9.52 Å². The van der Waals surface area contributed by atoms with Crippen molar-refractivity contribution >= 4 is 15.7 Å². The van der Waals surface area contributed by atoms with Crippen LogP contribution in [0.4, 0.5) is 5.69 Å². The fourth-order valence-corrected chi connectivity index (χ4v) is 2.42. The molecule has 0 unspecified atom stereocenters. The predicted octanol–water partition coefficient (Wildman–Crippen LogP) is 1.48. The van der Waals surface area contributed by atoms with Crippen LogP contribution in [0.25, 0.3) is 0 Å². The van der Waals surface area contributed by atoms with Gasteiger partial charge in [-0.15, -0.1) is 0 Å². The van der Waals surface area contributed by atoms with Gasteiger partial charge in [0, 0.05) is 18.0 Å². The maximum absolute atomic E-state index is 12.0. The van der Waals surface area contributed by atoms with Crippen molar-refractivity contribution < 1.29 is 8.42 Å². The molecular weight excluding hydrogens is 252 g/mol. The highest BCUT2D eigenvalue weighted by Crippen LogP contribution is 2.14. The van der Waals surface area contributed by atoms with Gasteiger partial charge in [-0.2, -0.15) is 0 Å². The highest BCUT2D eigenvalue weighted by Gasteiger charge is 2.13. The molecule has 1 aromatic carbocycles. The molecule has 5 nitrogen and oxygen atoms in total. The molecule has 1 heterocycles. The average molecular weight is 264 g/mol. The summed E-state index contributed by atoms with van der Waals surface area (Å²) in [5.41, 5.74) is 1.18. The standard InChI is InChI=1S/C12H12N2O3S/c1-9-2-4-10(5-3-9)14-18(16,17)11-6-7-12(15)13-8-11/h2-8,14H,1H3,(H,13,15). The van der Waals surface area contributed by atoms with E-state index in [0.29, 0.717) is 5.69 Å². The van der Waals surface area contributed by atoms with E-state index in [4.69, 9.17) is 0 Å². The Kier molecular flexibility index (Phi) is 3.20. The molecule has 94 valence electrons. The number of aromatic nitrogens is 1. The number of aromatic amines is 1. The van der Waals surface area contributed by atoms with Crippen molar-refractivity contribution in [3.63, 3.8) is 0 Å². The lowest BCUT2D eigenvalue weighted by molar-refractivity contribution is 0.600. The second-order valence-corrected chi connectivity index (χ2v) is 5.54. The van der Waals surface area contributed by atoms with E-state index in [1.807, 2.05) is 19.1 Å². The van der Waals surface area contributed by atoms with Gasteiger partial charge in [-0.25, -0.2) is 8.42 Å². The van der Waals surface area contributed by atoms with Crippen LogP contribution >= 0.6 is 0 Å². The van der Waals surface area contributed by atoms with Crippen LogP contribution in [0.2, 0.25) is 0 Å². The van der Waals surface area contributed by atoms with Crippen molar-refractivity contribution in [2.24, 2.45) is 0 Å². The van der Waals surface area contributed by atoms with E-state index in [-0.39, 0.29) is 10.5 Å². The molecule has 0 fully saturated rings. The molecule has 2 rings (SSSR count). The minimum absolute atomic E-state index is 0.0164. The Hall–Kier alpha value is -2.08. The Bertz CT molecular complexity index is 682. The second-order valence-electron chi connectivity index (χ2n) is 3.86. The number of hydrogen-bond donors (Lipinski definition) is 2. The summed E-state index contributed by atoms with van der Waals surface area (Å²) in [6.45, 7) is 1.92. The van der Waals surface area contributed by atoms with E-state index in [1.54, 1.807) is 12.1 Å². The number of rotatable bonds is 3. The van der Waals surface area contributed by atoms with Crippen molar-refractivity contribution in [1.82, 2.24) is 4.98 Å². The van der Waals surface area contributed by atoms with Gasteiger partial charge in [0.15, 0.2) is 0 Å². The fraction of sp³-hybridized carbons (Fsp3) is 0.0833. The van der Waals surface area contributed by atoms with Crippen LogP contribution in [0.1, 0.15) is 5.56 Å². The van der Waals surface area contributed by atoms with Gasteiger partial charge in [0.05, 0.1) is 0 Å². The zero-order valence-electron chi connectivity index (χ0n) is 9.67. The summed E-state index contributed by atoms with van der Waals surface area (Å²) >= 11 is 0. The lowest BCUT2D eigenvalue weighted by Crippen LogP contribution is -2.15. The van der Waals surface area contributed by atoms with Crippen LogP contribution in [0, 0.1) is 6.92 Å². The first-order chi connectivity index (χ1) is 8.47. The number of hydrogen-bond acceptors (Lipinski definition) is 3. The third-order valence-corrected chi connectivity index (χ3v) is 3.75. The zero-order valence-corrected chi connectivity index (χ0v) is 10.5. The summed E-state index contributed by atoms with van der Waals surface area (Å²) in [6.07, 6.45) is 1.17. The van der Waals surface area contributed by atoms with Crippen molar-refractivity contribution in [2.45, 2.75) is 11.8 Å². The number of nitrogens with one attached hydrogen (secondary N) is 2. The number of aryl methyl sites for hydroxylation is 1. The Morgan fingerprint density at radius 3 is 2.28 bits per heavy atom.